The van der Waals surface area contributed by atoms with Gasteiger partial charge in [0.25, 0.3) is 0 Å². The Balaban J connectivity index is 2.42. The maximum absolute atomic E-state index is 11.6. The van der Waals surface area contributed by atoms with Crippen molar-refractivity contribution in [3.8, 4) is 0 Å². The summed E-state index contributed by atoms with van der Waals surface area (Å²) in [5.41, 5.74) is 0. The van der Waals surface area contributed by atoms with Crippen LogP contribution < -0.4 is 5.32 Å². The van der Waals surface area contributed by atoms with E-state index in [2.05, 4.69) is 5.32 Å². The highest BCUT2D eigenvalue weighted by molar-refractivity contribution is 8.00. The molecular formula is C12H14ClNO4S. The van der Waals surface area contributed by atoms with E-state index in [1.165, 1.54) is 11.8 Å². The molecule has 19 heavy (non-hydrogen) atoms. The summed E-state index contributed by atoms with van der Waals surface area (Å²) in [4.78, 5) is 23.2. The van der Waals surface area contributed by atoms with E-state index >= 15 is 0 Å². The fourth-order valence-corrected chi connectivity index (χ4v) is 2.14. The number of thioether (sulfide) groups is 1. The first kappa shape index (κ1) is 15.8. The van der Waals surface area contributed by atoms with Gasteiger partial charge in [0.05, 0.1) is 5.75 Å². The lowest BCUT2D eigenvalue weighted by atomic mass is 10.2. The summed E-state index contributed by atoms with van der Waals surface area (Å²) < 4.78 is 0. The smallest absolute Gasteiger partial charge is 0.326 e. The highest BCUT2D eigenvalue weighted by atomic mass is 35.5. The van der Waals surface area contributed by atoms with E-state index in [4.69, 9.17) is 21.8 Å². The van der Waals surface area contributed by atoms with Crippen LogP contribution in [0.4, 0.5) is 0 Å². The van der Waals surface area contributed by atoms with E-state index < -0.39 is 12.0 Å². The minimum atomic E-state index is -1.15. The van der Waals surface area contributed by atoms with Crippen LogP contribution in [-0.4, -0.2) is 40.5 Å². The van der Waals surface area contributed by atoms with Crippen LogP contribution in [0.15, 0.2) is 29.2 Å². The molecule has 1 aromatic carbocycles. The van der Waals surface area contributed by atoms with Crippen molar-refractivity contribution in [3.63, 3.8) is 0 Å². The zero-order chi connectivity index (χ0) is 14.3. The summed E-state index contributed by atoms with van der Waals surface area (Å²) in [6.45, 7) is -0.290. The van der Waals surface area contributed by atoms with Crippen molar-refractivity contribution in [1.29, 1.82) is 0 Å². The average Bonchev–Trinajstić information content (AvgIpc) is 2.37. The predicted octanol–water partition coefficient (Wildman–Crippen LogP) is 1.38. The molecule has 3 N–H and O–H groups in total. The second-order valence-corrected chi connectivity index (χ2v) is 5.20. The normalized spacial score (nSPS) is 11.9. The lowest BCUT2D eigenvalue weighted by Gasteiger charge is -2.12. The summed E-state index contributed by atoms with van der Waals surface area (Å²) in [6, 6.07) is 5.94. The number of carboxylic acid groups (broad SMARTS) is 1. The Labute approximate surface area is 120 Å². The van der Waals surface area contributed by atoms with Crippen molar-refractivity contribution >= 4 is 35.2 Å². The van der Waals surface area contributed by atoms with E-state index in [1.54, 1.807) is 24.3 Å². The van der Waals surface area contributed by atoms with Crippen LogP contribution in [0.5, 0.6) is 0 Å². The molecule has 5 nitrogen and oxygen atoms in total. The lowest BCUT2D eigenvalue weighted by molar-refractivity contribution is -0.141. The van der Waals surface area contributed by atoms with Gasteiger partial charge >= 0.3 is 5.97 Å². The van der Waals surface area contributed by atoms with E-state index in [-0.39, 0.29) is 24.7 Å². The molecule has 0 saturated heterocycles. The van der Waals surface area contributed by atoms with Crippen LogP contribution in [0.3, 0.4) is 0 Å². The van der Waals surface area contributed by atoms with Crippen molar-refractivity contribution in [3.05, 3.63) is 29.3 Å². The van der Waals surface area contributed by atoms with E-state index in [0.29, 0.717) is 5.02 Å². The molecule has 0 fully saturated rings. The zero-order valence-corrected chi connectivity index (χ0v) is 11.6. The van der Waals surface area contributed by atoms with Gasteiger partial charge in [0.2, 0.25) is 5.91 Å². The Morgan fingerprint density at radius 1 is 1.32 bits per heavy atom. The van der Waals surface area contributed by atoms with Crippen LogP contribution in [0.25, 0.3) is 0 Å². The van der Waals surface area contributed by atoms with Gasteiger partial charge in [0, 0.05) is 22.9 Å². The number of carbonyl (C=O) groups excluding carboxylic acids is 1. The molecule has 1 rings (SSSR count). The number of amides is 1. The third-order valence-corrected chi connectivity index (χ3v) is 3.50. The van der Waals surface area contributed by atoms with Gasteiger partial charge in [0.1, 0.15) is 6.04 Å². The molecule has 0 radical (unpaired) electrons. The molecule has 0 bridgehead atoms. The first-order valence-electron chi connectivity index (χ1n) is 5.54. The molecule has 1 atom stereocenters. The number of hydrogen-bond acceptors (Lipinski definition) is 4. The van der Waals surface area contributed by atoms with Crippen molar-refractivity contribution in [1.82, 2.24) is 5.32 Å². The van der Waals surface area contributed by atoms with E-state index in [9.17, 15) is 9.59 Å². The summed E-state index contributed by atoms with van der Waals surface area (Å²) in [6.07, 6.45) is -0.00726. The van der Waals surface area contributed by atoms with Crippen molar-refractivity contribution in [2.45, 2.75) is 17.4 Å². The van der Waals surface area contributed by atoms with Gasteiger partial charge in [-0.15, -0.1) is 11.8 Å². The van der Waals surface area contributed by atoms with Crippen LogP contribution in [0.1, 0.15) is 6.42 Å². The highest BCUT2D eigenvalue weighted by Crippen LogP contribution is 2.19. The maximum Gasteiger partial charge on any atom is 0.326 e. The Bertz CT molecular complexity index is 438. The topological polar surface area (TPSA) is 86.6 Å². The van der Waals surface area contributed by atoms with Crippen LogP contribution in [0.2, 0.25) is 5.02 Å². The van der Waals surface area contributed by atoms with Gasteiger partial charge in [-0.25, -0.2) is 4.79 Å². The third-order valence-electron chi connectivity index (χ3n) is 2.23. The average molecular weight is 304 g/mol. The molecule has 1 aromatic rings. The Kier molecular flexibility index (Phi) is 6.69. The molecule has 1 amide bonds. The summed E-state index contributed by atoms with van der Waals surface area (Å²) in [5.74, 6) is -1.43. The molecule has 0 saturated carbocycles. The minimum Gasteiger partial charge on any atom is -0.480 e. The van der Waals surface area contributed by atoms with Crippen molar-refractivity contribution < 1.29 is 19.8 Å². The quantitative estimate of drug-likeness (QED) is 0.663. The summed E-state index contributed by atoms with van der Waals surface area (Å²) in [7, 11) is 0. The molecule has 1 unspecified atom stereocenters. The molecule has 7 heteroatoms. The zero-order valence-electron chi connectivity index (χ0n) is 10.0. The number of aliphatic hydroxyl groups is 1. The summed E-state index contributed by atoms with van der Waals surface area (Å²) >= 11 is 7.02. The standard InChI is InChI=1S/C12H14ClNO4S/c13-8-1-3-9(4-2-8)19-7-11(16)14-10(5-6-15)12(17)18/h1-4,10,15H,5-7H2,(H,14,16)(H,17,18). The van der Waals surface area contributed by atoms with Gasteiger partial charge in [-0.1, -0.05) is 11.6 Å². The van der Waals surface area contributed by atoms with Gasteiger partial charge < -0.3 is 15.5 Å². The maximum atomic E-state index is 11.6. The molecule has 0 aliphatic heterocycles. The van der Waals surface area contributed by atoms with Gasteiger partial charge in [-0.3, -0.25) is 4.79 Å². The molecule has 0 aliphatic rings. The molecule has 0 spiro atoms. The van der Waals surface area contributed by atoms with Crippen LogP contribution in [0, 0.1) is 0 Å². The molecule has 0 heterocycles. The number of halogens is 1. The van der Waals surface area contributed by atoms with Crippen LogP contribution in [-0.2, 0) is 9.59 Å². The number of aliphatic carboxylic acids is 1. The summed E-state index contributed by atoms with van der Waals surface area (Å²) in [5, 5.41) is 20.5. The molecule has 0 aromatic heterocycles. The Hall–Kier alpha value is -1.24. The van der Waals surface area contributed by atoms with Crippen molar-refractivity contribution in [2.24, 2.45) is 0 Å². The molecule has 0 aliphatic carbocycles. The van der Waals surface area contributed by atoms with E-state index in [0.717, 1.165) is 4.90 Å². The number of aliphatic hydroxyl groups excluding tert-OH is 1. The van der Waals surface area contributed by atoms with Gasteiger partial charge in [-0.05, 0) is 24.3 Å². The fourth-order valence-electron chi connectivity index (χ4n) is 1.30. The first-order chi connectivity index (χ1) is 9.02. The number of benzene rings is 1. The Morgan fingerprint density at radius 2 is 1.95 bits per heavy atom. The minimum absolute atomic E-state index is 0.00726. The number of hydrogen-bond donors (Lipinski definition) is 3. The number of carbonyl (C=O) groups is 2. The second kappa shape index (κ2) is 8.04. The predicted molar refractivity (Wildman–Crippen MR) is 73.4 cm³/mol. The Morgan fingerprint density at radius 3 is 2.47 bits per heavy atom. The van der Waals surface area contributed by atoms with Crippen LogP contribution >= 0.6 is 23.4 Å². The molecule has 104 valence electrons. The first-order valence-corrected chi connectivity index (χ1v) is 6.90. The highest BCUT2D eigenvalue weighted by Gasteiger charge is 2.18. The number of carboxylic acids is 1. The second-order valence-electron chi connectivity index (χ2n) is 3.71. The largest absolute Gasteiger partial charge is 0.480 e. The van der Waals surface area contributed by atoms with Crippen molar-refractivity contribution in [2.75, 3.05) is 12.4 Å². The number of rotatable bonds is 7. The fraction of sp³-hybridized carbons (Fsp3) is 0.333. The molecular weight excluding hydrogens is 290 g/mol. The SMILES string of the molecule is O=C(CSc1ccc(Cl)cc1)NC(CCO)C(=O)O. The van der Waals surface area contributed by atoms with E-state index in [1.807, 2.05) is 0 Å². The lowest BCUT2D eigenvalue weighted by Crippen LogP contribution is -2.42. The van der Waals surface area contributed by atoms with Gasteiger partial charge in [-0.2, -0.15) is 0 Å². The monoisotopic (exact) mass is 303 g/mol. The third kappa shape index (κ3) is 5.96. The van der Waals surface area contributed by atoms with Gasteiger partial charge in [0.15, 0.2) is 0 Å². The number of nitrogens with one attached hydrogen (secondary N) is 1.